The quantitative estimate of drug-likeness (QED) is 0.693. The number of epoxide rings is 1. The molecular formula is C16H30O2. The van der Waals surface area contributed by atoms with Gasteiger partial charge in [0.05, 0.1) is 18.8 Å². The van der Waals surface area contributed by atoms with Gasteiger partial charge in [0.25, 0.3) is 0 Å². The van der Waals surface area contributed by atoms with Gasteiger partial charge in [0.2, 0.25) is 0 Å². The zero-order valence-electron chi connectivity index (χ0n) is 12.1. The van der Waals surface area contributed by atoms with E-state index in [0.29, 0.717) is 6.10 Å². The van der Waals surface area contributed by atoms with Crippen LogP contribution in [0.15, 0.2) is 0 Å². The molecule has 0 aromatic rings. The molecule has 2 nitrogen and oxygen atoms in total. The van der Waals surface area contributed by atoms with Crippen molar-refractivity contribution >= 4 is 0 Å². The Morgan fingerprint density at radius 1 is 0.889 bits per heavy atom. The van der Waals surface area contributed by atoms with Crippen molar-refractivity contribution in [2.75, 3.05) is 13.2 Å². The van der Waals surface area contributed by atoms with Gasteiger partial charge in [0.1, 0.15) is 6.10 Å². The van der Waals surface area contributed by atoms with E-state index < -0.39 is 0 Å². The summed E-state index contributed by atoms with van der Waals surface area (Å²) in [6, 6.07) is 0. The van der Waals surface area contributed by atoms with E-state index >= 15 is 0 Å². The molecule has 1 atom stereocenters. The second-order valence-electron chi connectivity index (χ2n) is 6.40. The van der Waals surface area contributed by atoms with Gasteiger partial charge in [-0.05, 0) is 19.8 Å². The molecule has 18 heavy (non-hydrogen) atoms. The lowest BCUT2D eigenvalue weighted by atomic mass is 9.90. The van der Waals surface area contributed by atoms with E-state index in [0.717, 1.165) is 13.2 Å². The van der Waals surface area contributed by atoms with Gasteiger partial charge < -0.3 is 9.47 Å². The smallest absolute Gasteiger partial charge is 0.104 e. The van der Waals surface area contributed by atoms with E-state index in [1.807, 2.05) is 0 Å². The van der Waals surface area contributed by atoms with Crippen molar-refractivity contribution in [1.82, 2.24) is 0 Å². The first-order valence-electron chi connectivity index (χ1n) is 8.04. The molecule has 2 rings (SSSR count). The molecule has 1 saturated carbocycles. The zero-order chi connectivity index (χ0) is 12.7. The Hall–Kier alpha value is -0.0800. The topological polar surface area (TPSA) is 21.8 Å². The maximum atomic E-state index is 6.17. The van der Waals surface area contributed by atoms with Crippen LogP contribution in [0.4, 0.5) is 0 Å². The molecule has 2 heteroatoms. The SMILES string of the molecule is CC1(OCC2CO2)CCCCCCCCCCC1. The lowest BCUT2D eigenvalue weighted by molar-refractivity contribution is -0.0524. The van der Waals surface area contributed by atoms with Gasteiger partial charge in [-0.2, -0.15) is 0 Å². The highest BCUT2D eigenvalue weighted by Crippen LogP contribution is 2.29. The molecule has 1 aliphatic carbocycles. The molecule has 1 unspecified atom stereocenters. The zero-order valence-corrected chi connectivity index (χ0v) is 12.1. The van der Waals surface area contributed by atoms with Crippen LogP contribution in [0.3, 0.4) is 0 Å². The molecule has 0 bridgehead atoms. The number of hydrogen-bond donors (Lipinski definition) is 0. The summed E-state index contributed by atoms with van der Waals surface area (Å²) in [5.74, 6) is 0. The summed E-state index contributed by atoms with van der Waals surface area (Å²) in [6.07, 6.45) is 15.5. The third-order valence-electron chi connectivity index (χ3n) is 4.43. The maximum Gasteiger partial charge on any atom is 0.104 e. The summed E-state index contributed by atoms with van der Waals surface area (Å²) in [4.78, 5) is 0. The molecule has 1 aliphatic heterocycles. The lowest BCUT2D eigenvalue weighted by Crippen LogP contribution is -2.30. The van der Waals surface area contributed by atoms with E-state index in [1.165, 1.54) is 70.6 Å². The summed E-state index contributed by atoms with van der Waals surface area (Å²) in [7, 11) is 0. The van der Waals surface area contributed by atoms with Crippen LogP contribution in [0, 0.1) is 0 Å². The fourth-order valence-electron chi connectivity index (χ4n) is 2.96. The Morgan fingerprint density at radius 3 is 1.78 bits per heavy atom. The first-order chi connectivity index (χ1) is 8.79. The van der Waals surface area contributed by atoms with Gasteiger partial charge in [-0.3, -0.25) is 0 Å². The standard InChI is InChI=1S/C16H30O2/c1-16(18-14-15-13-17-15)11-9-7-5-3-2-4-6-8-10-12-16/h15H,2-14H2,1H3. The predicted molar refractivity (Wildman–Crippen MR) is 74.9 cm³/mol. The van der Waals surface area contributed by atoms with Crippen molar-refractivity contribution in [3.63, 3.8) is 0 Å². The molecule has 106 valence electrons. The molecule has 1 heterocycles. The van der Waals surface area contributed by atoms with E-state index in [1.54, 1.807) is 0 Å². The fourth-order valence-corrected chi connectivity index (χ4v) is 2.96. The second-order valence-corrected chi connectivity index (χ2v) is 6.40. The molecule has 2 aliphatic rings. The van der Waals surface area contributed by atoms with Crippen molar-refractivity contribution in [2.24, 2.45) is 0 Å². The van der Waals surface area contributed by atoms with Crippen LogP contribution in [0.1, 0.15) is 77.6 Å². The van der Waals surface area contributed by atoms with E-state index in [-0.39, 0.29) is 5.60 Å². The summed E-state index contributed by atoms with van der Waals surface area (Å²) >= 11 is 0. The minimum Gasteiger partial charge on any atom is -0.373 e. The van der Waals surface area contributed by atoms with Crippen LogP contribution in [-0.4, -0.2) is 24.9 Å². The first-order valence-corrected chi connectivity index (χ1v) is 8.04. The van der Waals surface area contributed by atoms with Crippen LogP contribution in [0.25, 0.3) is 0 Å². The first kappa shape index (κ1) is 14.3. The van der Waals surface area contributed by atoms with Crippen molar-refractivity contribution in [1.29, 1.82) is 0 Å². The highest BCUT2D eigenvalue weighted by Gasteiger charge is 2.29. The third kappa shape index (κ3) is 5.71. The summed E-state index contributed by atoms with van der Waals surface area (Å²) in [5.41, 5.74) is 0.116. The minimum absolute atomic E-state index is 0.116. The number of hydrogen-bond acceptors (Lipinski definition) is 2. The van der Waals surface area contributed by atoms with Crippen LogP contribution in [-0.2, 0) is 9.47 Å². The molecule has 2 fully saturated rings. The average molecular weight is 254 g/mol. The van der Waals surface area contributed by atoms with Gasteiger partial charge in [0, 0.05) is 0 Å². The van der Waals surface area contributed by atoms with Crippen molar-refractivity contribution in [3.05, 3.63) is 0 Å². The Kier molecular flexibility index (Phi) is 5.97. The monoisotopic (exact) mass is 254 g/mol. The number of rotatable bonds is 3. The lowest BCUT2D eigenvalue weighted by Gasteiger charge is -2.30. The van der Waals surface area contributed by atoms with Crippen molar-refractivity contribution in [2.45, 2.75) is 89.3 Å². The predicted octanol–water partition coefficient (Wildman–Crippen LogP) is 4.47. The number of ether oxygens (including phenoxy) is 2. The van der Waals surface area contributed by atoms with E-state index in [4.69, 9.17) is 9.47 Å². The summed E-state index contributed by atoms with van der Waals surface area (Å²) in [5, 5.41) is 0. The Bertz CT molecular complexity index is 211. The summed E-state index contributed by atoms with van der Waals surface area (Å²) in [6.45, 7) is 4.05. The molecular weight excluding hydrogens is 224 g/mol. The van der Waals surface area contributed by atoms with Gasteiger partial charge in [0.15, 0.2) is 0 Å². The second kappa shape index (κ2) is 7.49. The molecule has 1 saturated heterocycles. The van der Waals surface area contributed by atoms with Gasteiger partial charge in [-0.1, -0.05) is 57.8 Å². The third-order valence-corrected chi connectivity index (χ3v) is 4.43. The van der Waals surface area contributed by atoms with Crippen molar-refractivity contribution in [3.8, 4) is 0 Å². The summed E-state index contributed by atoms with van der Waals surface area (Å²) < 4.78 is 11.4. The maximum absolute atomic E-state index is 6.17. The highest BCUT2D eigenvalue weighted by atomic mass is 16.6. The largest absolute Gasteiger partial charge is 0.373 e. The van der Waals surface area contributed by atoms with Gasteiger partial charge >= 0.3 is 0 Å². The van der Waals surface area contributed by atoms with Crippen molar-refractivity contribution < 1.29 is 9.47 Å². The van der Waals surface area contributed by atoms with Crippen LogP contribution >= 0.6 is 0 Å². The van der Waals surface area contributed by atoms with Crippen LogP contribution in [0.2, 0.25) is 0 Å². The molecule has 0 aromatic heterocycles. The normalized spacial score (nSPS) is 30.2. The molecule has 0 N–H and O–H groups in total. The molecule has 0 radical (unpaired) electrons. The van der Waals surface area contributed by atoms with Crippen LogP contribution in [0.5, 0.6) is 0 Å². The Morgan fingerprint density at radius 2 is 1.33 bits per heavy atom. The van der Waals surface area contributed by atoms with Gasteiger partial charge in [-0.15, -0.1) is 0 Å². The highest BCUT2D eigenvalue weighted by molar-refractivity contribution is 4.78. The Balaban J connectivity index is 1.75. The minimum atomic E-state index is 0.116. The fraction of sp³-hybridized carbons (Fsp3) is 1.00. The average Bonchev–Trinajstić information content (AvgIpc) is 3.16. The Labute approximate surface area is 112 Å². The molecule has 0 spiro atoms. The van der Waals surface area contributed by atoms with Crippen LogP contribution < -0.4 is 0 Å². The van der Waals surface area contributed by atoms with Gasteiger partial charge in [-0.25, -0.2) is 0 Å². The molecule has 0 aromatic carbocycles. The van der Waals surface area contributed by atoms with E-state index in [9.17, 15) is 0 Å². The van der Waals surface area contributed by atoms with E-state index in [2.05, 4.69) is 6.92 Å². The molecule has 0 amide bonds.